The first kappa shape index (κ1) is 16.8. The third-order valence-electron chi connectivity index (χ3n) is 2.85. The van der Waals surface area contributed by atoms with E-state index in [0.717, 1.165) is 5.56 Å². The average Bonchev–Trinajstić information content (AvgIpc) is 2.44. The zero-order valence-electron chi connectivity index (χ0n) is 11.7. The van der Waals surface area contributed by atoms with Crippen molar-refractivity contribution in [3.8, 4) is 0 Å². The van der Waals surface area contributed by atoms with E-state index >= 15 is 0 Å². The van der Waals surface area contributed by atoms with Crippen molar-refractivity contribution in [3.05, 3.63) is 29.8 Å². The van der Waals surface area contributed by atoms with Crippen LogP contribution >= 0.6 is 0 Å². The van der Waals surface area contributed by atoms with Gasteiger partial charge in [0.05, 0.1) is 0 Å². The number of carboxylic acid groups (broad SMARTS) is 1. The lowest BCUT2D eigenvalue weighted by atomic mass is 10.1. The third kappa shape index (κ3) is 7.17. The Morgan fingerprint density at radius 1 is 1.33 bits per heavy atom. The molecule has 1 aromatic carbocycles. The normalized spacial score (nSPS) is 11.7. The maximum absolute atomic E-state index is 11.4. The summed E-state index contributed by atoms with van der Waals surface area (Å²) in [5.41, 5.74) is 12.4. The van der Waals surface area contributed by atoms with Gasteiger partial charge >= 0.3 is 12.1 Å². The number of rotatable bonds is 8. The van der Waals surface area contributed by atoms with E-state index in [1.54, 1.807) is 18.2 Å². The Morgan fingerprint density at radius 2 is 2.10 bits per heavy atom. The van der Waals surface area contributed by atoms with E-state index in [2.05, 4.69) is 5.32 Å². The lowest BCUT2D eigenvalue weighted by Gasteiger charge is -2.08. The minimum atomic E-state index is -1.01. The molecule has 1 aromatic rings. The van der Waals surface area contributed by atoms with Crippen LogP contribution in [0.5, 0.6) is 0 Å². The molecule has 0 heterocycles. The van der Waals surface area contributed by atoms with Crippen LogP contribution in [0.15, 0.2) is 24.3 Å². The number of nitrogens with two attached hydrogens (primary N) is 2. The second-order valence-electron chi connectivity index (χ2n) is 4.69. The lowest BCUT2D eigenvalue weighted by Crippen LogP contribution is -2.30. The standard InChI is InChI=1S/C14H21N3O4/c15-11-5-3-4-10(8-11)9-21-14(20)17-7-2-1-6-12(16)13(18)19/h3-5,8,12H,1-2,6-7,9,15-16H2,(H,17,20)(H,18,19)/t12-/m0/s1. The first-order chi connectivity index (χ1) is 9.99. The summed E-state index contributed by atoms with van der Waals surface area (Å²) in [6.07, 6.45) is 1.15. The zero-order valence-corrected chi connectivity index (χ0v) is 11.7. The number of amides is 1. The molecule has 1 atom stereocenters. The van der Waals surface area contributed by atoms with E-state index in [1.165, 1.54) is 0 Å². The fourth-order valence-corrected chi connectivity index (χ4v) is 1.69. The second-order valence-corrected chi connectivity index (χ2v) is 4.69. The summed E-state index contributed by atoms with van der Waals surface area (Å²) in [7, 11) is 0. The molecular weight excluding hydrogens is 274 g/mol. The number of nitrogens with one attached hydrogen (secondary N) is 1. The minimum absolute atomic E-state index is 0.154. The van der Waals surface area contributed by atoms with E-state index in [-0.39, 0.29) is 6.61 Å². The van der Waals surface area contributed by atoms with Gasteiger partial charge in [0.1, 0.15) is 12.6 Å². The predicted octanol–water partition coefficient (Wildman–Crippen LogP) is 1.08. The number of ether oxygens (including phenoxy) is 1. The summed E-state index contributed by atoms with van der Waals surface area (Å²) in [4.78, 5) is 21.9. The monoisotopic (exact) mass is 295 g/mol. The smallest absolute Gasteiger partial charge is 0.407 e. The van der Waals surface area contributed by atoms with Gasteiger partial charge in [-0.25, -0.2) is 4.79 Å². The highest BCUT2D eigenvalue weighted by Gasteiger charge is 2.10. The fraction of sp³-hybridized carbons (Fsp3) is 0.429. The number of anilines is 1. The molecule has 0 radical (unpaired) electrons. The maximum Gasteiger partial charge on any atom is 0.407 e. The first-order valence-corrected chi connectivity index (χ1v) is 6.72. The van der Waals surface area contributed by atoms with Crippen molar-refractivity contribution in [1.82, 2.24) is 5.32 Å². The van der Waals surface area contributed by atoms with Crippen LogP contribution in [0.4, 0.5) is 10.5 Å². The lowest BCUT2D eigenvalue weighted by molar-refractivity contribution is -0.138. The Kier molecular flexibility index (Phi) is 7.03. The predicted molar refractivity (Wildman–Crippen MR) is 78.5 cm³/mol. The van der Waals surface area contributed by atoms with Crippen molar-refractivity contribution in [1.29, 1.82) is 0 Å². The molecule has 1 rings (SSSR count). The van der Waals surface area contributed by atoms with Gasteiger partial charge < -0.3 is 26.6 Å². The van der Waals surface area contributed by atoms with Crippen LogP contribution in [-0.4, -0.2) is 29.8 Å². The average molecular weight is 295 g/mol. The molecule has 7 heteroatoms. The number of hydrogen-bond donors (Lipinski definition) is 4. The van der Waals surface area contributed by atoms with Gasteiger partial charge in [0.2, 0.25) is 0 Å². The second kappa shape index (κ2) is 8.80. The molecule has 7 nitrogen and oxygen atoms in total. The van der Waals surface area contributed by atoms with Gasteiger partial charge in [-0.1, -0.05) is 12.1 Å². The van der Waals surface area contributed by atoms with Crippen LogP contribution in [0.25, 0.3) is 0 Å². The summed E-state index contributed by atoms with van der Waals surface area (Å²) in [6, 6.07) is 6.25. The van der Waals surface area contributed by atoms with E-state index in [1.807, 2.05) is 6.07 Å². The Hall–Kier alpha value is -2.28. The largest absolute Gasteiger partial charge is 0.480 e. The molecule has 1 amide bonds. The number of alkyl carbamates (subject to hydrolysis) is 1. The highest BCUT2D eigenvalue weighted by Crippen LogP contribution is 2.07. The van der Waals surface area contributed by atoms with Crippen molar-refractivity contribution in [3.63, 3.8) is 0 Å². The molecule has 0 spiro atoms. The minimum Gasteiger partial charge on any atom is -0.480 e. The summed E-state index contributed by atoms with van der Waals surface area (Å²) < 4.78 is 5.02. The van der Waals surface area contributed by atoms with Gasteiger partial charge in [-0.05, 0) is 37.0 Å². The summed E-state index contributed by atoms with van der Waals surface area (Å²) in [5.74, 6) is -1.01. The van der Waals surface area contributed by atoms with Gasteiger partial charge in [0.25, 0.3) is 0 Å². The molecule has 0 fully saturated rings. The number of unbranched alkanes of at least 4 members (excludes halogenated alkanes) is 1. The summed E-state index contributed by atoms with van der Waals surface area (Å²) in [6.45, 7) is 0.572. The molecule has 0 aliphatic carbocycles. The molecule has 0 aliphatic heterocycles. The van der Waals surface area contributed by atoms with Crippen molar-refractivity contribution in [2.24, 2.45) is 5.73 Å². The van der Waals surface area contributed by atoms with E-state index in [9.17, 15) is 9.59 Å². The Morgan fingerprint density at radius 3 is 2.76 bits per heavy atom. The number of carbonyl (C=O) groups excluding carboxylic acids is 1. The molecule has 21 heavy (non-hydrogen) atoms. The van der Waals surface area contributed by atoms with Gasteiger partial charge in [-0.2, -0.15) is 0 Å². The van der Waals surface area contributed by atoms with Gasteiger partial charge in [-0.15, -0.1) is 0 Å². The molecule has 116 valence electrons. The number of carboxylic acids is 1. The van der Waals surface area contributed by atoms with Crippen LogP contribution in [0.2, 0.25) is 0 Å². The van der Waals surface area contributed by atoms with E-state index < -0.39 is 18.1 Å². The van der Waals surface area contributed by atoms with E-state index in [4.69, 9.17) is 21.3 Å². The van der Waals surface area contributed by atoms with Gasteiger partial charge in [0.15, 0.2) is 0 Å². The molecule has 0 saturated heterocycles. The highest BCUT2D eigenvalue weighted by atomic mass is 16.5. The van der Waals surface area contributed by atoms with Crippen LogP contribution < -0.4 is 16.8 Å². The molecular formula is C14H21N3O4. The number of benzene rings is 1. The molecule has 0 unspecified atom stereocenters. The van der Waals surface area contributed by atoms with Crippen LogP contribution in [0.3, 0.4) is 0 Å². The number of aliphatic carboxylic acids is 1. The van der Waals surface area contributed by atoms with Crippen molar-refractivity contribution in [2.45, 2.75) is 31.9 Å². The Bertz CT molecular complexity index is 479. The van der Waals surface area contributed by atoms with E-state index in [0.29, 0.717) is 31.5 Å². The zero-order chi connectivity index (χ0) is 15.7. The molecule has 0 aromatic heterocycles. The topological polar surface area (TPSA) is 128 Å². The molecule has 0 aliphatic rings. The van der Waals surface area contributed by atoms with Crippen molar-refractivity contribution in [2.75, 3.05) is 12.3 Å². The Balaban J connectivity index is 2.10. The number of carbonyl (C=O) groups is 2. The maximum atomic E-state index is 11.4. The highest BCUT2D eigenvalue weighted by molar-refractivity contribution is 5.72. The van der Waals surface area contributed by atoms with Crippen molar-refractivity contribution >= 4 is 17.7 Å². The third-order valence-corrected chi connectivity index (χ3v) is 2.85. The quantitative estimate of drug-likeness (QED) is 0.419. The van der Waals surface area contributed by atoms with Gasteiger partial charge in [0, 0.05) is 12.2 Å². The van der Waals surface area contributed by atoms with Crippen molar-refractivity contribution < 1.29 is 19.4 Å². The van der Waals surface area contributed by atoms with Crippen LogP contribution in [-0.2, 0) is 16.1 Å². The van der Waals surface area contributed by atoms with Crippen LogP contribution in [0.1, 0.15) is 24.8 Å². The fourth-order valence-electron chi connectivity index (χ4n) is 1.69. The first-order valence-electron chi connectivity index (χ1n) is 6.72. The van der Waals surface area contributed by atoms with Crippen LogP contribution in [0, 0.1) is 0 Å². The summed E-state index contributed by atoms with van der Waals surface area (Å²) >= 11 is 0. The molecule has 0 saturated carbocycles. The van der Waals surface area contributed by atoms with Gasteiger partial charge in [-0.3, -0.25) is 4.79 Å². The molecule has 0 bridgehead atoms. The number of nitrogen functional groups attached to an aromatic ring is 1. The Labute approximate surface area is 123 Å². The SMILES string of the molecule is Nc1cccc(COC(=O)NCCCC[C@H](N)C(=O)O)c1. The number of hydrogen-bond acceptors (Lipinski definition) is 5. The summed E-state index contributed by atoms with van der Waals surface area (Å²) in [5, 5.41) is 11.2. The molecule has 6 N–H and O–H groups in total.